The lowest BCUT2D eigenvalue weighted by molar-refractivity contribution is 0.905. The zero-order chi connectivity index (χ0) is 9.68. The summed E-state index contributed by atoms with van der Waals surface area (Å²) in [6, 6.07) is 8.51. The molecule has 0 aliphatic carbocycles. The van der Waals surface area contributed by atoms with E-state index in [4.69, 9.17) is 5.73 Å². The van der Waals surface area contributed by atoms with E-state index in [9.17, 15) is 0 Å². The Balaban J connectivity index is 2.58. The molecule has 0 fully saturated rings. The zero-order valence-electron chi connectivity index (χ0n) is 8.29. The number of nitrogens with two attached hydrogens (primary N) is 1. The van der Waals surface area contributed by atoms with Crippen molar-refractivity contribution in [1.29, 1.82) is 0 Å². The van der Waals surface area contributed by atoms with Crippen LogP contribution in [0.25, 0.3) is 0 Å². The summed E-state index contributed by atoms with van der Waals surface area (Å²) < 4.78 is 0. The third-order valence-electron chi connectivity index (χ3n) is 2.07. The number of thioether (sulfide) groups is 1. The second-order valence-electron chi connectivity index (χ2n) is 3.18. The second kappa shape index (κ2) is 5.30. The van der Waals surface area contributed by atoms with Gasteiger partial charge in [-0.2, -0.15) is 0 Å². The average Bonchev–Trinajstić information content (AvgIpc) is 2.19. The van der Waals surface area contributed by atoms with E-state index in [1.807, 2.05) is 11.8 Å². The molecule has 1 rings (SSSR count). The summed E-state index contributed by atoms with van der Waals surface area (Å²) in [6.45, 7) is 5.10. The maximum absolute atomic E-state index is 5.52. The van der Waals surface area contributed by atoms with Crippen molar-refractivity contribution in [3.05, 3.63) is 29.8 Å². The van der Waals surface area contributed by atoms with Gasteiger partial charge >= 0.3 is 0 Å². The first-order valence-electron chi connectivity index (χ1n) is 4.72. The minimum Gasteiger partial charge on any atom is -0.326 e. The van der Waals surface area contributed by atoms with Gasteiger partial charge in [-0.3, -0.25) is 0 Å². The van der Waals surface area contributed by atoms with Crippen molar-refractivity contribution in [2.45, 2.75) is 37.0 Å². The third-order valence-corrected chi connectivity index (χ3v) is 3.35. The van der Waals surface area contributed by atoms with Gasteiger partial charge in [-0.1, -0.05) is 26.0 Å². The largest absolute Gasteiger partial charge is 0.326 e. The van der Waals surface area contributed by atoms with Crippen molar-refractivity contribution in [3.63, 3.8) is 0 Å². The lowest BCUT2D eigenvalue weighted by Gasteiger charge is -2.07. The minimum absolute atomic E-state index is 0.633. The monoisotopic (exact) mass is 195 g/mol. The molecule has 1 atom stereocenters. The zero-order valence-corrected chi connectivity index (χ0v) is 9.10. The molecule has 0 aliphatic heterocycles. The van der Waals surface area contributed by atoms with Gasteiger partial charge in [-0.25, -0.2) is 0 Å². The van der Waals surface area contributed by atoms with Crippen LogP contribution in [0.4, 0.5) is 0 Å². The molecule has 1 aromatic carbocycles. The Labute approximate surface area is 84.7 Å². The highest BCUT2D eigenvalue weighted by Gasteiger charge is 2.00. The van der Waals surface area contributed by atoms with E-state index in [-0.39, 0.29) is 0 Å². The SMILES string of the molecule is CCC(C)Sc1ccc(CN)cc1. The topological polar surface area (TPSA) is 26.0 Å². The number of rotatable bonds is 4. The normalized spacial score (nSPS) is 12.8. The molecule has 1 nitrogen and oxygen atoms in total. The summed E-state index contributed by atoms with van der Waals surface area (Å²) >= 11 is 1.92. The fourth-order valence-electron chi connectivity index (χ4n) is 1.02. The van der Waals surface area contributed by atoms with E-state index in [0.29, 0.717) is 11.8 Å². The van der Waals surface area contributed by atoms with Gasteiger partial charge in [0.25, 0.3) is 0 Å². The van der Waals surface area contributed by atoms with Crippen molar-refractivity contribution in [2.75, 3.05) is 0 Å². The first-order valence-corrected chi connectivity index (χ1v) is 5.60. The van der Waals surface area contributed by atoms with E-state index in [1.165, 1.54) is 16.9 Å². The van der Waals surface area contributed by atoms with Gasteiger partial charge in [0.2, 0.25) is 0 Å². The Morgan fingerprint density at radius 1 is 1.31 bits per heavy atom. The molecule has 0 radical (unpaired) electrons. The molecule has 0 amide bonds. The molecule has 13 heavy (non-hydrogen) atoms. The van der Waals surface area contributed by atoms with Gasteiger partial charge in [0.05, 0.1) is 0 Å². The van der Waals surface area contributed by atoms with Crippen LogP contribution in [0, 0.1) is 0 Å². The Kier molecular flexibility index (Phi) is 4.33. The van der Waals surface area contributed by atoms with Crippen LogP contribution in [0.15, 0.2) is 29.2 Å². The van der Waals surface area contributed by atoms with Crippen LogP contribution >= 0.6 is 11.8 Å². The van der Waals surface area contributed by atoms with Crippen LogP contribution in [-0.2, 0) is 6.54 Å². The van der Waals surface area contributed by atoms with Crippen LogP contribution < -0.4 is 5.73 Å². The highest BCUT2D eigenvalue weighted by atomic mass is 32.2. The molecule has 0 spiro atoms. The van der Waals surface area contributed by atoms with Gasteiger partial charge in [-0.15, -0.1) is 11.8 Å². The third kappa shape index (κ3) is 3.41. The molecule has 0 saturated carbocycles. The van der Waals surface area contributed by atoms with E-state index in [1.54, 1.807) is 0 Å². The molecule has 0 aromatic heterocycles. The number of benzene rings is 1. The fourth-order valence-corrected chi connectivity index (χ4v) is 1.94. The average molecular weight is 195 g/mol. The van der Waals surface area contributed by atoms with Crippen LogP contribution in [0.5, 0.6) is 0 Å². The van der Waals surface area contributed by atoms with E-state index >= 15 is 0 Å². The number of hydrogen-bond donors (Lipinski definition) is 1. The predicted octanol–water partition coefficient (Wildman–Crippen LogP) is 3.04. The minimum atomic E-state index is 0.633. The summed E-state index contributed by atoms with van der Waals surface area (Å²) in [5.74, 6) is 0. The van der Waals surface area contributed by atoms with Crippen molar-refractivity contribution in [2.24, 2.45) is 5.73 Å². The second-order valence-corrected chi connectivity index (χ2v) is 4.70. The molecule has 1 unspecified atom stereocenters. The maximum atomic E-state index is 5.52. The van der Waals surface area contributed by atoms with Crippen LogP contribution in [0.1, 0.15) is 25.8 Å². The van der Waals surface area contributed by atoms with E-state index < -0.39 is 0 Å². The summed E-state index contributed by atoms with van der Waals surface area (Å²) in [5.41, 5.74) is 6.72. The Morgan fingerprint density at radius 2 is 1.92 bits per heavy atom. The Bertz CT molecular complexity index is 243. The molecule has 0 aliphatic rings. The van der Waals surface area contributed by atoms with Crippen LogP contribution in [0.3, 0.4) is 0 Å². The highest BCUT2D eigenvalue weighted by molar-refractivity contribution is 7.99. The predicted molar refractivity (Wildman–Crippen MR) is 59.9 cm³/mol. The summed E-state index contributed by atoms with van der Waals surface area (Å²) in [7, 11) is 0. The molecular formula is C11H17NS. The van der Waals surface area contributed by atoms with Gasteiger partial charge in [0.1, 0.15) is 0 Å². The fraction of sp³-hybridized carbons (Fsp3) is 0.455. The lowest BCUT2D eigenvalue weighted by atomic mass is 10.2. The first-order chi connectivity index (χ1) is 6.26. The maximum Gasteiger partial charge on any atom is 0.0178 e. The van der Waals surface area contributed by atoms with Crippen molar-refractivity contribution < 1.29 is 0 Å². The summed E-state index contributed by atoms with van der Waals surface area (Å²) in [6.07, 6.45) is 1.21. The molecule has 0 heterocycles. The van der Waals surface area contributed by atoms with Crippen LogP contribution in [0.2, 0.25) is 0 Å². The van der Waals surface area contributed by atoms with Gasteiger partial charge in [0.15, 0.2) is 0 Å². The van der Waals surface area contributed by atoms with E-state index in [2.05, 4.69) is 38.1 Å². The molecule has 72 valence electrons. The van der Waals surface area contributed by atoms with Gasteiger partial charge < -0.3 is 5.73 Å². The van der Waals surface area contributed by atoms with Crippen molar-refractivity contribution >= 4 is 11.8 Å². The molecule has 1 aromatic rings. The smallest absolute Gasteiger partial charge is 0.0178 e. The summed E-state index contributed by atoms with van der Waals surface area (Å²) in [5, 5.41) is 0.698. The quantitative estimate of drug-likeness (QED) is 0.747. The van der Waals surface area contributed by atoms with E-state index in [0.717, 1.165) is 0 Å². The Morgan fingerprint density at radius 3 is 2.38 bits per heavy atom. The standard InChI is InChI=1S/C11H17NS/c1-3-9(2)13-11-6-4-10(8-12)5-7-11/h4-7,9H,3,8,12H2,1-2H3. The molecule has 2 N–H and O–H groups in total. The van der Waals surface area contributed by atoms with Crippen molar-refractivity contribution in [1.82, 2.24) is 0 Å². The molecule has 0 bridgehead atoms. The highest BCUT2D eigenvalue weighted by Crippen LogP contribution is 2.24. The molecule has 2 heteroatoms. The van der Waals surface area contributed by atoms with Crippen molar-refractivity contribution in [3.8, 4) is 0 Å². The first kappa shape index (κ1) is 10.6. The Hall–Kier alpha value is -0.470. The number of hydrogen-bond acceptors (Lipinski definition) is 2. The molecule has 0 saturated heterocycles. The lowest BCUT2D eigenvalue weighted by Crippen LogP contribution is -1.96. The van der Waals surface area contributed by atoms with Gasteiger partial charge in [0, 0.05) is 16.7 Å². The van der Waals surface area contributed by atoms with Crippen LogP contribution in [-0.4, -0.2) is 5.25 Å². The molecular weight excluding hydrogens is 178 g/mol. The summed E-state index contributed by atoms with van der Waals surface area (Å²) in [4.78, 5) is 1.34. The van der Waals surface area contributed by atoms with Gasteiger partial charge in [-0.05, 0) is 24.1 Å².